The normalized spacial score (nSPS) is 14.3. The number of unbranched alkanes of at least 4 members (excludes halogenated alkanes) is 53. The molecule has 0 bridgehead atoms. The lowest BCUT2D eigenvalue weighted by molar-refractivity contribution is -0.161. The Morgan fingerprint density at radius 1 is 0.267 bits per heavy atom. The Bertz CT molecular complexity index is 2010. The van der Waals surface area contributed by atoms with E-state index in [9.17, 15) is 43.2 Å². The van der Waals surface area contributed by atoms with Gasteiger partial charge in [-0.2, -0.15) is 0 Å². The van der Waals surface area contributed by atoms with E-state index in [1.807, 2.05) is 0 Å². The predicted octanol–water partition coefficient (Wildman–Crippen LogP) is 26.2. The number of ether oxygens (including phenoxy) is 4. The molecule has 3 N–H and O–H groups in total. The van der Waals surface area contributed by atoms with Crippen LogP contribution in [-0.2, 0) is 65.4 Å². The zero-order chi connectivity index (χ0) is 77.1. The van der Waals surface area contributed by atoms with Crippen LogP contribution in [-0.4, -0.2) is 96.7 Å². The van der Waals surface area contributed by atoms with Gasteiger partial charge in [-0.25, -0.2) is 9.13 Å². The Hall–Kier alpha value is -1.94. The van der Waals surface area contributed by atoms with Gasteiger partial charge in [-0.15, -0.1) is 0 Å². The van der Waals surface area contributed by atoms with Crippen LogP contribution in [0.15, 0.2) is 0 Å². The van der Waals surface area contributed by atoms with E-state index in [0.717, 1.165) is 102 Å². The molecule has 0 saturated heterocycles. The van der Waals surface area contributed by atoms with Crippen molar-refractivity contribution >= 4 is 39.5 Å². The van der Waals surface area contributed by atoms with Crippen LogP contribution < -0.4 is 0 Å². The number of phosphoric acid groups is 2. The molecule has 0 aromatic heterocycles. The third-order valence-corrected chi connectivity index (χ3v) is 22.8. The summed E-state index contributed by atoms with van der Waals surface area (Å²) >= 11 is 0. The lowest BCUT2D eigenvalue weighted by atomic mass is 9.99. The molecule has 4 unspecified atom stereocenters. The molecule has 0 aromatic rings. The van der Waals surface area contributed by atoms with E-state index in [4.69, 9.17) is 37.0 Å². The Morgan fingerprint density at radius 2 is 0.457 bits per heavy atom. The average molecular weight is 1540 g/mol. The van der Waals surface area contributed by atoms with Gasteiger partial charge in [0.2, 0.25) is 0 Å². The fraction of sp³-hybridized carbons (Fsp3) is 0.953. The van der Waals surface area contributed by atoms with Crippen LogP contribution in [0.5, 0.6) is 0 Å². The summed E-state index contributed by atoms with van der Waals surface area (Å²) in [7, 11) is -9.93. The van der Waals surface area contributed by atoms with Crippen molar-refractivity contribution < 1.29 is 80.2 Å². The average Bonchev–Trinajstić information content (AvgIpc) is 0.945. The van der Waals surface area contributed by atoms with Crippen molar-refractivity contribution in [3.63, 3.8) is 0 Å². The number of aliphatic hydroxyl groups is 1. The molecule has 0 fully saturated rings. The van der Waals surface area contributed by atoms with E-state index in [0.29, 0.717) is 25.7 Å². The Labute approximate surface area is 645 Å². The van der Waals surface area contributed by atoms with Gasteiger partial charge in [0.25, 0.3) is 0 Å². The molecule has 0 aliphatic heterocycles. The number of hydrogen-bond donors (Lipinski definition) is 3. The smallest absolute Gasteiger partial charge is 0.462 e. The maximum Gasteiger partial charge on any atom is 0.472 e. The highest BCUT2D eigenvalue weighted by atomic mass is 31.2. The molecule has 17 nitrogen and oxygen atoms in total. The number of esters is 4. The predicted molar refractivity (Wildman–Crippen MR) is 432 cm³/mol. The first-order chi connectivity index (χ1) is 50.9. The monoisotopic (exact) mass is 1540 g/mol. The first kappa shape index (κ1) is 103. The fourth-order valence-corrected chi connectivity index (χ4v) is 14.9. The van der Waals surface area contributed by atoms with Crippen LogP contribution in [0, 0.1) is 11.8 Å². The topological polar surface area (TPSA) is 237 Å². The molecule has 0 amide bonds. The highest BCUT2D eigenvalue weighted by molar-refractivity contribution is 7.47. The standard InChI is InChI=1S/C86H168O17P2/c1-7-11-13-15-17-19-21-23-25-27-29-30-31-33-35-37-39-41-43-52-58-64-70-85(90)102-81(74-96-83(88)68-62-56-50-42-40-38-36-34-32-28-26-24-22-20-18-16-14-12-8-2)76-100-104(92,93)98-72-80(87)73-99-105(94,95)101-77-82(103-86(91)71-65-59-53-47-45-49-55-61-67-79(6)10-4)75-97-84(89)69-63-57-51-46-44-48-54-60-66-78(5)9-3/h78-82,87H,7-77H2,1-6H3,(H,92,93)(H,94,95)/t78?,79?,80-,81-,82-/m1/s1. The largest absolute Gasteiger partial charge is 0.472 e. The summed E-state index contributed by atoms with van der Waals surface area (Å²) in [4.78, 5) is 73.2. The second kappa shape index (κ2) is 77.4. The lowest BCUT2D eigenvalue weighted by Crippen LogP contribution is -2.30. The van der Waals surface area contributed by atoms with Gasteiger partial charge in [-0.1, -0.05) is 408 Å². The second-order valence-electron chi connectivity index (χ2n) is 31.4. The first-order valence-corrected chi connectivity index (χ1v) is 47.6. The van der Waals surface area contributed by atoms with E-state index in [1.165, 1.54) is 276 Å². The van der Waals surface area contributed by atoms with Crippen LogP contribution in [0.3, 0.4) is 0 Å². The van der Waals surface area contributed by atoms with E-state index in [2.05, 4.69) is 41.5 Å². The molecule has 19 heteroatoms. The molecule has 0 spiro atoms. The molecule has 0 heterocycles. The summed E-state index contributed by atoms with van der Waals surface area (Å²) in [6.07, 6.45) is 69.5. The minimum absolute atomic E-state index is 0.105. The molecule has 0 aliphatic rings. The molecule has 7 atom stereocenters. The van der Waals surface area contributed by atoms with Crippen molar-refractivity contribution in [3.8, 4) is 0 Å². The van der Waals surface area contributed by atoms with Gasteiger partial charge in [-0.3, -0.25) is 37.3 Å². The zero-order valence-electron chi connectivity index (χ0n) is 69.0. The van der Waals surface area contributed by atoms with Gasteiger partial charge < -0.3 is 33.8 Å². The van der Waals surface area contributed by atoms with Crippen molar-refractivity contribution in [1.29, 1.82) is 0 Å². The van der Waals surface area contributed by atoms with E-state index in [-0.39, 0.29) is 25.7 Å². The van der Waals surface area contributed by atoms with Crippen molar-refractivity contribution in [3.05, 3.63) is 0 Å². The summed E-state index contributed by atoms with van der Waals surface area (Å²) in [6.45, 7) is 9.66. The maximum absolute atomic E-state index is 13.1. The molecule has 624 valence electrons. The van der Waals surface area contributed by atoms with Gasteiger partial charge in [0.1, 0.15) is 19.3 Å². The van der Waals surface area contributed by atoms with Crippen molar-refractivity contribution in [2.45, 2.75) is 477 Å². The second-order valence-corrected chi connectivity index (χ2v) is 34.3. The molecule has 0 aliphatic carbocycles. The number of rotatable bonds is 85. The summed E-state index contributed by atoms with van der Waals surface area (Å²) in [5.41, 5.74) is 0. The summed E-state index contributed by atoms with van der Waals surface area (Å²) in [5, 5.41) is 10.7. The number of aliphatic hydroxyl groups excluding tert-OH is 1. The maximum atomic E-state index is 13.1. The van der Waals surface area contributed by atoms with Crippen LogP contribution in [0.1, 0.15) is 459 Å². The van der Waals surface area contributed by atoms with Gasteiger partial charge in [-0.05, 0) is 37.5 Å². The third kappa shape index (κ3) is 77.2. The number of carbonyl (C=O) groups excluding carboxylic acids is 4. The summed E-state index contributed by atoms with van der Waals surface area (Å²) < 4.78 is 68.9. The van der Waals surface area contributed by atoms with Crippen LogP contribution in [0.25, 0.3) is 0 Å². The van der Waals surface area contributed by atoms with Gasteiger partial charge >= 0.3 is 39.5 Å². The number of phosphoric ester groups is 2. The van der Waals surface area contributed by atoms with Crippen molar-refractivity contribution in [2.24, 2.45) is 11.8 Å². The molecule has 0 radical (unpaired) electrons. The summed E-state index contributed by atoms with van der Waals surface area (Å²) in [6, 6.07) is 0. The van der Waals surface area contributed by atoms with Crippen LogP contribution in [0.2, 0.25) is 0 Å². The highest BCUT2D eigenvalue weighted by Gasteiger charge is 2.30. The molecule has 0 rings (SSSR count). The van der Waals surface area contributed by atoms with Gasteiger partial charge in [0.05, 0.1) is 26.4 Å². The fourth-order valence-electron chi connectivity index (χ4n) is 13.4. The summed E-state index contributed by atoms with van der Waals surface area (Å²) in [5.74, 6) is -0.559. The minimum atomic E-state index is -4.97. The Morgan fingerprint density at radius 3 is 0.676 bits per heavy atom. The molecule has 0 saturated carbocycles. The molecular formula is C86H168O17P2. The van der Waals surface area contributed by atoms with Crippen LogP contribution in [0.4, 0.5) is 0 Å². The van der Waals surface area contributed by atoms with Crippen molar-refractivity contribution in [2.75, 3.05) is 39.6 Å². The number of hydrogen-bond acceptors (Lipinski definition) is 15. The van der Waals surface area contributed by atoms with E-state index >= 15 is 0 Å². The molecular weight excluding hydrogens is 1370 g/mol. The molecule has 0 aromatic carbocycles. The van der Waals surface area contributed by atoms with Gasteiger partial charge in [0.15, 0.2) is 12.2 Å². The van der Waals surface area contributed by atoms with Crippen LogP contribution >= 0.6 is 15.6 Å². The molecule has 105 heavy (non-hydrogen) atoms. The van der Waals surface area contributed by atoms with Gasteiger partial charge in [0, 0.05) is 25.7 Å². The zero-order valence-corrected chi connectivity index (χ0v) is 70.8. The Balaban J connectivity index is 5.22. The lowest BCUT2D eigenvalue weighted by Gasteiger charge is -2.21. The Kier molecular flexibility index (Phi) is 76.0. The first-order valence-electron chi connectivity index (χ1n) is 44.6. The number of carbonyl (C=O) groups is 4. The quantitative estimate of drug-likeness (QED) is 0.0222. The SMILES string of the molecule is CCCCCCCCCCCCCCCCCCCCCCCCC(=O)O[C@H](COC(=O)CCCCCCCCCCCCCCCCCCCCC)COP(=O)(O)OC[C@@H](O)COP(=O)(O)OC[C@@H](COC(=O)CCCCCCCCCCC(C)CC)OC(=O)CCCCCCCCCCC(C)CC. The van der Waals surface area contributed by atoms with E-state index in [1.54, 1.807) is 0 Å². The third-order valence-electron chi connectivity index (χ3n) is 20.9. The highest BCUT2D eigenvalue weighted by Crippen LogP contribution is 2.45. The van der Waals surface area contributed by atoms with Crippen molar-refractivity contribution in [1.82, 2.24) is 0 Å². The van der Waals surface area contributed by atoms with E-state index < -0.39 is 97.5 Å². The minimum Gasteiger partial charge on any atom is -0.462 e.